The van der Waals surface area contributed by atoms with Crippen LogP contribution in [0.15, 0.2) is 24.3 Å². The van der Waals surface area contributed by atoms with Gasteiger partial charge in [0.1, 0.15) is 12.4 Å². The molecule has 1 aromatic carbocycles. The van der Waals surface area contributed by atoms with Crippen LogP contribution in [0.3, 0.4) is 0 Å². The monoisotopic (exact) mass is 193 g/mol. The van der Waals surface area contributed by atoms with Crippen molar-refractivity contribution in [2.75, 3.05) is 27.2 Å². The molecule has 1 aromatic rings. The first-order valence-electron chi connectivity index (χ1n) is 4.56. The Morgan fingerprint density at radius 2 is 2.07 bits per heavy atom. The van der Waals surface area contributed by atoms with E-state index in [0.717, 1.165) is 12.8 Å². The molecule has 0 aliphatic carbocycles. The number of nitrogens with zero attached hydrogens (tertiary/aromatic N) is 1. The second kappa shape index (κ2) is 5.40. The van der Waals surface area contributed by atoms with Gasteiger partial charge < -0.3 is 9.64 Å². The van der Waals surface area contributed by atoms with Gasteiger partial charge in [-0.05, 0) is 26.2 Å². The lowest BCUT2D eigenvalue weighted by Crippen LogP contribution is -2.19. The number of rotatable bonds is 5. The van der Waals surface area contributed by atoms with E-state index < -0.39 is 0 Å². The van der Waals surface area contributed by atoms with Crippen LogP contribution in [0.25, 0.3) is 0 Å². The molecular weight excluding hydrogens is 178 g/mol. The van der Waals surface area contributed by atoms with Gasteiger partial charge in [-0.1, -0.05) is 12.1 Å². The molecule has 1 rings (SSSR count). The lowest BCUT2D eigenvalue weighted by molar-refractivity contribution is 0.111. The van der Waals surface area contributed by atoms with Crippen molar-refractivity contribution in [3.8, 4) is 5.75 Å². The van der Waals surface area contributed by atoms with Gasteiger partial charge in [0.15, 0.2) is 6.29 Å². The van der Waals surface area contributed by atoms with Gasteiger partial charge in [0.05, 0.1) is 5.56 Å². The van der Waals surface area contributed by atoms with E-state index in [1.165, 1.54) is 0 Å². The molecule has 0 unspecified atom stereocenters. The number of likely N-dealkylation sites (N-methyl/N-ethyl adjacent to an activating group) is 1. The van der Waals surface area contributed by atoms with Crippen LogP contribution in [-0.4, -0.2) is 38.4 Å². The van der Waals surface area contributed by atoms with Gasteiger partial charge >= 0.3 is 0 Å². The Balaban J connectivity index is 2.53. The molecule has 0 amide bonds. The largest absolute Gasteiger partial charge is 0.492 e. The van der Waals surface area contributed by atoms with Crippen molar-refractivity contribution in [2.24, 2.45) is 0 Å². The highest BCUT2D eigenvalue weighted by molar-refractivity contribution is 5.79. The highest BCUT2D eigenvalue weighted by Gasteiger charge is 2.00. The summed E-state index contributed by atoms with van der Waals surface area (Å²) in [5.74, 6) is 0.657. The van der Waals surface area contributed by atoms with E-state index >= 15 is 0 Å². The van der Waals surface area contributed by atoms with Crippen molar-refractivity contribution in [1.82, 2.24) is 4.90 Å². The van der Waals surface area contributed by atoms with Gasteiger partial charge in [-0.15, -0.1) is 0 Å². The molecule has 76 valence electrons. The average molecular weight is 193 g/mol. The molecule has 0 atom stereocenters. The first-order valence-corrected chi connectivity index (χ1v) is 4.56. The second-order valence-corrected chi connectivity index (χ2v) is 3.31. The zero-order chi connectivity index (χ0) is 10.4. The summed E-state index contributed by atoms with van der Waals surface area (Å²) < 4.78 is 5.47. The zero-order valence-corrected chi connectivity index (χ0v) is 8.56. The summed E-state index contributed by atoms with van der Waals surface area (Å²) in [6.07, 6.45) is 0.811. The molecule has 3 heteroatoms. The van der Waals surface area contributed by atoms with E-state index in [0.29, 0.717) is 17.9 Å². The third-order valence-corrected chi connectivity index (χ3v) is 1.84. The fraction of sp³-hybridized carbons (Fsp3) is 0.364. The minimum Gasteiger partial charge on any atom is -0.492 e. The number of benzene rings is 1. The van der Waals surface area contributed by atoms with E-state index in [1.807, 2.05) is 31.1 Å². The van der Waals surface area contributed by atoms with Crippen molar-refractivity contribution in [3.05, 3.63) is 29.8 Å². The maximum Gasteiger partial charge on any atom is 0.153 e. The number of carbonyl (C=O) groups excluding carboxylic acids is 1. The Morgan fingerprint density at radius 1 is 1.36 bits per heavy atom. The molecule has 0 radical (unpaired) electrons. The predicted molar refractivity (Wildman–Crippen MR) is 55.9 cm³/mol. The highest BCUT2D eigenvalue weighted by atomic mass is 16.5. The highest BCUT2D eigenvalue weighted by Crippen LogP contribution is 2.15. The minimum absolute atomic E-state index is 0.595. The van der Waals surface area contributed by atoms with E-state index in [4.69, 9.17) is 4.74 Å². The smallest absolute Gasteiger partial charge is 0.153 e. The molecule has 0 aliphatic heterocycles. The lowest BCUT2D eigenvalue weighted by Gasteiger charge is -2.11. The standard InChI is InChI=1S/C11H15NO2/c1-12(2)7-8-14-11-6-4-3-5-10(11)9-13/h3-6,9H,7-8H2,1-2H3. The lowest BCUT2D eigenvalue weighted by atomic mass is 10.2. The fourth-order valence-electron chi connectivity index (χ4n) is 1.05. The van der Waals surface area contributed by atoms with Crippen LogP contribution in [-0.2, 0) is 0 Å². The summed E-state index contributed by atoms with van der Waals surface area (Å²) >= 11 is 0. The molecule has 0 saturated heterocycles. The molecule has 0 heterocycles. The van der Waals surface area contributed by atoms with E-state index in [9.17, 15) is 4.79 Å². The third-order valence-electron chi connectivity index (χ3n) is 1.84. The Morgan fingerprint density at radius 3 is 2.71 bits per heavy atom. The van der Waals surface area contributed by atoms with E-state index in [-0.39, 0.29) is 0 Å². The summed E-state index contributed by atoms with van der Waals surface area (Å²) in [6.45, 7) is 1.44. The fourth-order valence-corrected chi connectivity index (χ4v) is 1.05. The molecule has 0 spiro atoms. The second-order valence-electron chi connectivity index (χ2n) is 3.31. The maximum absolute atomic E-state index is 10.6. The van der Waals surface area contributed by atoms with Gasteiger partial charge in [-0.25, -0.2) is 0 Å². The first-order chi connectivity index (χ1) is 6.74. The Kier molecular flexibility index (Phi) is 4.13. The number of aldehydes is 1. The van der Waals surface area contributed by atoms with Crippen LogP contribution in [0.4, 0.5) is 0 Å². The topological polar surface area (TPSA) is 29.5 Å². The Labute approximate surface area is 84.3 Å². The number of ether oxygens (including phenoxy) is 1. The van der Waals surface area contributed by atoms with E-state index in [2.05, 4.69) is 0 Å². The van der Waals surface area contributed by atoms with E-state index in [1.54, 1.807) is 12.1 Å². The molecule has 0 N–H and O–H groups in total. The van der Waals surface area contributed by atoms with Crippen molar-refractivity contribution in [3.63, 3.8) is 0 Å². The van der Waals surface area contributed by atoms with Gasteiger partial charge in [0, 0.05) is 6.54 Å². The zero-order valence-electron chi connectivity index (χ0n) is 8.56. The molecule has 14 heavy (non-hydrogen) atoms. The molecule has 0 fully saturated rings. The summed E-state index contributed by atoms with van der Waals surface area (Å²) in [5, 5.41) is 0. The maximum atomic E-state index is 10.6. The van der Waals surface area contributed by atoms with Crippen LogP contribution in [0, 0.1) is 0 Å². The van der Waals surface area contributed by atoms with Gasteiger partial charge in [0.25, 0.3) is 0 Å². The summed E-state index contributed by atoms with van der Waals surface area (Å²) in [7, 11) is 3.96. The average Bonchev–Trinajstić information content (AvgIpc) is 2.18. The third kappa shape index (κ3) is 3.18. The molecular formula is C11H15NO2. The van der Waals surface area contributed by atoms with Crippen LogP contribution in [0.5, 0.6) is 5.75 Å². The summed E-state index contributed by atoms with van der Waals surface area (Å²) in [4.78, 5) is 12.7. The molecule has 3 nitrogen and oxygen atoms in total. The Bertz CT molecular complexity index is 297. The quantitative estimate of drug-likeness (QED) is 0.663. The number of para-hydroxylation sites is 1. The van der Waals surface area contributed by atoms with Gasteiger partial charge in [-0.2, -0.15) is 0 Å². The molecule has 0 bridgehead atoms. The van der Waals surface area contributed by atoms with Crippen molar-refractivity contribution < 1.29 is 9.53 Å². The van der Waals surface area contributed by atoms with Crippen molar-refractivity contribution >= 4 is 6.29 Å². The van der Waals surface area contributed by atoms with Crippen LogP contribution >= 0.6 is 0 Å². The normalized spacial score (nSPS) is 10.2. The molecule has 0 aromatic heterocycles. The number of hydrogen-bond donors (Lipinski definition) is 0. The number of carbonyl (C=O) groups is 1. The van der Waals surface area contributed by atoms with Crippen molar-refractivity contribution in [1.29, 1.82) is 0 Å². The van der Waals surface area contributed by atoms with Crippen LogP contribution in [0.1, 0.15) is 10.4 Å². The SMILES string of the molecule is CN(C)CCOc1ccccc1C=O. The molecule has 0 aliphatic rings. The summed E-state index contributed by atoms with van der Waals surface area (Å²) in [6, 6.07) is 7.23. The predicted octanol–water partition coefficient (Wildman–Crippen LogP) is 1.44. The number of hydrogen-bond acceptors (Lipinski definition) is 3. The summed E-state index contributed by atoms with van der Waals surface area (Å²) in [5.41, 5.74) is 0.603. The van der Waals surface area contributed by atoms with Crippen LogP contribution < -0.4 is 4.74 Å². The first kappa shape index (κ1) is 10.7. The van der Waals surface area contributed by atoms with Gasteiger partial charge in [-0.3, -0.25) is 4.79 Å². The van der Waals surface area contributed by atoms with Gasteiger partial charge in [0.2, 0.25) is 0 Å². The minimum atomic E-state index is 0.595. The molecule has 0 saturated carbocycles. The Hall–Kier alpha value is -1.35. The van der Waals surface area contributed by atoms with Crippen LogP contribution in [0.2, 0.25) is 0 Å². The van der Waals surface area contributed by atoms with Crippen molar-refractivity contribution in [2.45, 2.75) is 0 Å².